The van der Waals surface area contributed by atoms with E-state index in [0.29, 0.717) is 6.54 Å². The van der Waals surface area contributed by atoms with Crippen LogP contribution in [0.2, 0.25) is 0 Å². The molecule has 6 heteroatoms. The lowest BCUT2D eigenvalue weighted by Crippen LogP contribution is -2.12. The average Bonchev–Trinajstić information content (AvgIpc) is 3.15. The zero-order chi connectivity index (χ0) is 20.1. The number of phenols is 1. The fraction of sp³-hybridized carbons (Fsp3) is 0.0435. The second-order valence-electron chi connectivity index (χ2n) is 6.36. The first-order valence-corrected chi connectivity index (χ1v) is 9.91. The molecule has 0 aliphatic rings. The number of aromatic nitrogens is 1. The minimum Gasteiger partial charge on any atom is -0.508 e. The average molecular weight is 403 g/mol. The maximum atomic E-state index is 13.3. The third kappa shape index (κ3) is 4.67. The topological polar surface area (TPSA) is 49.9 Å². The summed E-state index contributed by atoms with van der Waals surface area (Å²) in [6.07, 6.45) is 1.67. The van der Waals surface area contributed by atoms with Gasteiger partial charge in [-0.25, -0.2) is 9.07 Å². The van der Waals surface area contributed by atoms with Crippen LogP contribution in [-0.2, 0) is 6.54 Å². The van der Waals surface area contributed by atoms with Crippen LogP contribution in [0, 0.1) is 5.82 Å². The number of aromatic hydroxyl groups is 1. The molecule has 0 spiro atoms. The van der Waals surface area contributed by atoms with Gasteiger partial charge in [-0.3, -0.25) is 4.99 Å². The summed E-state index contributed by atoms with van der Waals surface area (Å²) in [5.41, 5.74) is 3.53. The van der Waals surface area contributed by atoms with E-state index in [2.05, 4.69) is 5.10 Å². The molecule has 4 aromatic rings. The summed E-state index contributed by atoms with van der Waals surface area (Å²) in [4.78, 5) is 5.44. The zero-order valence-electron chi connectivity index (χ0n) is 15.4. The monoisotopic (exact) mass is 403 g/mol. The molecule has 4 nitrogen and oxygen atoms in total. The molecule has 29 heavy (non-hydrogen) atoms. The standard InChI is InChI=1S/C23H18FN3OS/c24-20-11-9-19(10-12-20)22-16-29-23(25-14-17-5-2-1-3-6-17)27(22)26-15-18-7-4-8-21(28)13-18/h1-13,15-16,28H,14H2. The van der Waals surface area contributed by atoms with Gasteiger partial charge in [0.2, 0.25) is 4.80 Å². The number of nitrogens with zero attached hydrogens (tertiary/aromatic N) is 3. The fourth-order valence-electron chi connectivity index (χ4n) is 2.81. The molecule has 1 aromatic heterocycles. The lowest BCUT2D eigenvalue weighted by atomic mass is 10.2. The largest absolute Gasteiger partial charge is 0.508 e. The van der Waals surface area contributed by atoms with E-state index in [1.165, 1.54) is 23.5 Å². The molecule has 0 unspecified atom stereocenters. The van der Waals surface area contributed by atoms with Crippen molar-refractivity contribution in [2.24, 2.45) is 10.1 Å². The molecule has 0 atom stereocenters. The summed E-state index contributed by atoms with van der Waals surface area (Å²) < 4.78 is 15.1. The maximum absolute atomic E-state index is 13.3. The quantitative estimate of drug-likeness (QED) is 0.466. The van der Waals surface area contributed by atoms with Crippen molar-refractivity contribution in [3.05, 3.63) is 106 Å². The van der Waals surface area contributed by atoms with Crippen LogP contribution in [0.5, 0.6) is 5.75 Å². The van der Waals surface area contributed by atoms with Crippen LogP contribution in [0.15, 0.2) is 94.3 Å². The number of hydrogen-bond acceptors (Lipinski definition) is 4. The molecule has 0 aliphatic heterocycles. The number of thiazole rings is 1. The molecule has 0 aliphatic carbocycles. The summed E-state index contributed by atoms with van der Waals surface area (Å²) in [6, 6.07) is 23.2. The number of rotatable bonds is 5. The van der Waals surface area contributed by atoms with Crippen molar-refractivity contribution < 1.29 is 9.50 Å². The van der Waals surface area contributed by atoms with Crippen molar-refractivity contribution >= 4 is 17.6 Å². The van der Waals surface area contributed by atoms with Crippen molar-refractivity contribution in [3.8, 4) is 17.0 Å². The molecule has 144 valence electrons. The van der Waals surface area contributed by atoms with E-state index in [4.69, 9.17) is 4.99 Å². The van der Waals surface area contributed by atoms with Crippen LogP contribution in [0.25, 0.3) is 11.3 Å². The van der Waals surface area contributed by atoms with E-state index >= 15 is 0 Å². The fourth-order valence-corrected chi connectivity index (χ4v) is 3.65. The first kappa shape index (κ1) is 18.8. The van der Waals surface area contributed by atoms with E-state index in [0.717, 1.165) is 27.2 Å². The van der Waals surface area contributed by atoms with E-state index < -0.39 is 0 Å². The lowest BCUT2D eigenvalue weighted by molar-refractivity contribution is 0.475. The summed E-state index contributed by atoms with van der Waals surface area (Å²) in [7, 11) is 0. The first-order chi connectivity index (χ1) is 14.2. The van der Waals surface area contributed by atoms with E-state index in [1.807, 2.05) is 41.8 Å². The van der Waals surface area contributed by atoms with E-state index in [9.17, 15) is 9.50 Å². The number of benzene rings is 3. The molecular formula is C23H18FN3OS. The number of hydrogen-bond donors (Lipinski definition) is 1. The Morgan fingerprint density at radius 3 is 2.52 bits per heavy atom. The van der Waals surface area contributed by atoms with Crippen LogP contribution in [0.1, 0.15) is 11.1 Å². The maximum Gasteiger partial charge on any atom is 0.206 e. The Bertz CT molecular complexity index is 1190. The van der Waals surface area contributed by atoms with Gasteiger partial charge in [-0.15, -0.1) is 11.3 Å². The Kier molecular flexibility index (Phi) is 5.63. The molecular weight excluding hydrogens is 385 g/mol. The van der Waals surface area contributed by atoms with Gasteiger partial charge in [0.05, 0.1) is 18.5 Å². The van der Waals surface area contributed by atoms with Gasteiger partial charge in [0, 0.05) is 10.9 Å². The predicted octanol–water partition coefficient (Wildman–Crippen LogP) is 5.04. The molecule has 0 bridgehead atoms. The van der Waals surface area contributed by atoms with Crippen molar-refractivity contribution in [1.29, 1.82) is 0 Å². The van der Waals surface area contributed by atoms with Gasteiger partial charge in [-0.1, -0.05) is 42.5 Å². The predicted molar refractivity (Wildman–Crippen MR) is 115 cm³/mol. The summed E-state index contributed by atoms with van der Waals surface area (Å²) in [6.45, 7) is 0.534. The second kappa shape index (κ2) is 8.67. The van der Waals surface area contributed by atoms with E-state index in [1.54, 1.807) is 41.2 Å². The van der Waals surface area contributed by atoms with Gasteiger partial charge in [-0.05, 0) is 47.5 Å². The highest BCUT2D eigenvalue weighted by atomic mass is 32.1. The molecule has 0 saturated carbocycles. The van der Waals surface area contributed by atoms with Gasteiger partial charge in [0.1, 0.15) is 11.6 Å². The lowest BCUT2D eigenvalue weighted by Gasteiger charge is -2.04. The van der Waals surface area contributed by atoms with Gasteiger partial charge < -0.3 is 5.11 Å². The molecule has 1 N–H and O–H groups in total. The molecule has 0 fully saturated rings. The van der Waals surface area contributed by atoms with Gasteiger partial charge >= 0.3 is 0 Å². The summed E-state index contributed by atoms with van der Waals surface area (Å²) in [5.74, 6) is -0.107. The van der Waals surface area contributed by atoms with Crippen molar-refractivity contribution in [1.82, 2.24) is 4.68 Å². The third-order valence-corrected chi connectivity index (χ3v) is 5.11. The van der Waals surface area contributed by atoms with Crippen LogP contribution >= 0.6 is 11.3 Å². The molecule has 4 rings (SSSR count). The Labute approximate surface area is 171 Å². The van der Waals surface area contributed by atoms with Gasteiger partial charge in [0.25, 0.3) is 0 Å². The summed E-state index contributed by atoms with van der Waals surface area (Å²) in [5, 5.41) is 16.2. The van der Waals surface area contributed by atoms with Gasteiger partial charge in [-0.2, -0.15) is 5.10 Å². The molecule has 1 heterocycles. The first-order valence-electron chi connectivity index (χ1n) is 9.03. The van der Waals surface area contributed by atoms with E-state index in [-0.39, 0.29) is 11.6 Å². The Balaban J connectivity index is 1.76. The van der Waals surface area contributed by atoms with Gasteiger partial charge in [0.15, 0.2) is 0 Å². The van der Waals surface area contributed by atoms with Crippen molar-refractivity contribution in [3.63, 3.8) is 0 Å². The third-order valence-electron chi connectivity index (χ3n) is 4.26. The number of halogens is 1. The minimum atomic E-state index is -0.284. The van der Waals surface area contributed by atoms with Crippen molar-refractivity contribution in [2.45, 2.75) is 6.54 Å². The Morgan fingerprint density at radius 2 is 1.76 bits per heavy atom. The molecule has 0 radical (unpaired) electrons. The SMILES string of the molecule is Oc1cccc(C=Nn2c(-c3ccc(F)cc3)csc2=NCc2ccccc2)c1. The number of phenolic OH excluding ortho intramolecular Hbond substituents is 1. The van der Waals surface area contributed by atoms with Crippen LogP contribution < -0.4 is 4.80 Å². The minimum absolute atomic E-state index is 0.178. The molecule has 0 saturated heterocycles. The van der Waals surface area contributed by atoms with Crippen molar-refractivity contribution in [2.75, 3.05) is 0 Å². The highest BCUT2D eigenvalue weighted by Gasteiger charge is 2.08. The Hall–Kier alpha value is -3.51. The Morgan fingerprint density at radius 1 is 0.966 bits per heavy atom. The zero-order valence-corrected chi connectivity index (χ0v) is 16.3. The van der Waals surface area contributed by atoms with Crippen LogP contribution in [-0.4, -0.2) is 16.0 Å². The molecule has 0 amide bonds. The van der Waals surface area contributed by atoms with Crippen LogP contribution in [0.3, 0.4) is 0 Å². The summed E-state index contributed by atoms with van der Waals surface area (Å²) >= 11 is 1.47. The highest BCUT2D eigenvalue weighted by Crippen LogP contribution is 2.21. The highest BCUT2D eigenvalue weighted by molar-refractivity contribution is 7.07. The molecule has 3 aromatic carbocycles. The second-order valence-corrected chi connectivity index (χ2v) is 7.20. The normalized spacial score (nSPS) is 12.0. The smallest absolute Gasteiger partial charge is 0.206 e. The van der Waals surface area contributed by atoms with Crippen LogP contribution in [0.4, 0.5) is 4.39 Å².